The molecule has 0 aliphatic carbocycles. The zero-order valence-electron chi connectivity index (χ0n) is 12.2. The second kappa shape index (κ2) is 5.54. The Morgan fingerprint density at radius 2 is 2.04 bits per heavy atom. The van der Waals surface area contributed by atoms with E-state index in [2.05, 4.69) is 10.1 Å². The van der Waals surface area contributed by atoms with E-state index in [-0.39, 0.29) is 16.9 Å². The third-order valence-electron chi connectivity index (χ3n) is 3.53. The smallest absolute Gasteiger partial charge is 0.211 e. The maximum absolute atomic E-state index is 13.3. The van der Waals surface area contributed by atoms with Gasteiger partial charge in [0.2, 0.25) is 5.13 Å². The Kier molecular flexibility index (Phi) is 3.35. The van der Waals surface area contributed by atoms with E-state index in [0.717, 1.165) is 28.4 Å². The van der Waals surface area contributed by atoms with Crippen LogP contribution in [-0.2, 0) is 0 Å². The van der Waals surface area contributed by atoms with Crippen molar-refractivity contribution in [3.05, 3.63) is 71.8 Å². The summed E-state index contributed by atoms with van der Waals surface area (Å²) >= 11 is 1.45. The van der Waals surface area contributed by atoms with Crippen LogP contribution in [0.2, 0.25) is 0 Å². The van der Waals surface area contributed by atoms with E-state index >= 15 is 0 Å². The topological polar surface area (TPSA) is 68.0 Å². The summed E-state index contributed by atoms with van der Waals surface area (Å²) in [6.07, 6.45) is 2.89. The molecule has 0 bridgehead atoms. The summed E-state index contributed by atoms with van der Waals surface area (Å²) in [5, 5.41) is 14.5. The Morgan fingerprint density at radius 3 is 2.88 bits per heavy atom. The van der Waals surface area contributed by atoms with E-state index in [1.807, 2.05) is 24.3 Å². The van der Waals surface area contributed by atoms with E-state index in [9.17, 15) is 14.3 Å². The number of para-hydroxylation sites is 1. The quantitative estimate of drug-likeness (QED) is 0.580. The van der Waals surface area contributed by atoms with Crippen LogP contribution in [-0.4, -0.2) is 25.7 Å². The average molecular weight is 339 g/mol. The van der Waals surface area contributed by atoms with Crippen LogP contribution < -0.4 is 0 Å². The molecule has 0 saturated heterocycles. The molecule has 0 unspecified atom stereocenters. The lowest BCUT2D eigenvalue weighted by Crippen LogP contribution is -2.01. The number of benzene rings is 2. The third-order valence-corrected chi connectivity index (χ3v) is 4.55. The zero-order valence-corrected chi connectivity index (χ0v) is 13.0. The number of carbonyl (C=O) groups excluding carboxylic acids is 1. The number of aromatic hydroxyl groups is 1. The number of hydrogen-bond donors (Lipinski definition) is 1. The first-order valence-corrected chi connectivity index (χ1v) is 7.87. The van der Waals surface area contributed by atoms with Crippen LogP contribution >= 0.6 is 11.3 Å². The summed E-state index contributed by atoms with van der Waals surface area (Å²) in [4.78, 5) is 16.9. The van der Waals surface area contributed by atoms with Crippen molar-refractivity contribution in [1.29, 1.82) is 0 Å². The number of thiazole rings is 1. The second-order valence-electron chi connectivity index (χ2n) is 5.13. The van der Waals surface area contributed by atoms with Crippen molar-refractivity contribution in [2.45, 2.75) is 0 Å². The zero-order chi connectivity index (χ0) is 16.7. The molecular formula is C17H10FN3O2S. The van der Waals surface area contributed by atoms with E-state index in [1.54, 1.807) is 0 Å². The maximum atomic E-state index is 13.3. The largest absolute Gasteiger partial charge is 0.507 e. The third kappa shape index (κ3) is 2.44. The van der Waals surface area contributed by atoms with Crippen LogP contribution in [0.3, 0.4) is 0 Å². The van der Waals surface area contributed by atoms with Gasteiger partial charge >= 0.3 is 0 Å². The molecule has 0 aliphatic rings. The number of phenols is 1. The van der Waals surface area contributed by atoms with Crippen molar-refractivity contribution in [3.8, 4) is 10.9 Å². The SMILES string of the molecule is O=C(c1cnn(-c2nc3ccccc3s2)c1)c1cc(F)ccc1O. The minimum Gasteiger partial charge on any atom is -0.507 e. The second-order valence-corrected chi connectivity index (χ2v) is 6.14. The standard InChI is InChI=1S/C17H10FN3O2S/c18-11-5-6-14(22)12(7-11)16(23)10-8-19-21(9-10)17-20-13-3-1-2-4-15(13)24-17/h1-9,22H. The highest BCUT2D eigenvalue weighted by Gasteiger charge is 2.17. The molecule has 0 spiro atoms. The first-order valence-electron chi connectivity index (χ1n) is 7.05. The molecule has 4 aromatic rings. The van der Waals surface area contributed by atoms with Crippen LogP contribution in [0.4, 0.5) is 4.39 Å². The highest BCUT2D eigenvalue weighted by molar-refractivity contribution is 7.20. The average Bonchev–Trinajstić information content (AvgIpc) is 3.22. The fourth-order valence-electron chi connectivity index (χ4n) is 2.35. The lowest BCUT2D eigenvalue weighted by Gasteiger charge is -2.01. The molecule has 0 fully saturated rings. The predicted molar refractivity (Wildman–Crippen MR) is 88.2 cm³/mol. The van der Waals surface area contributed by atoms with Gasteiger partial charge in [-0.15, -0.1) is 0 Å². The minimum absolute atomic E-state index is 0.0983. The van der Waals surface area contributed by atoms with Crippen molar-refractivity contribution >= 4 is 27.3 Å². The van der Waals surface area contributed by atoms with Gasteiger partial charge in [0.25, 0.3) is 0 Å². The normalized spacial score (nSPS) is 11.0. The maximum Gasteiger partial charge on any atom is 0.211 e. The summed E-state index contributed by atoms with van der Waals surface area (Å²) in [5.74, 6) is -1.36. The fraction of sp³-hybridized carbons (Fsp3) is 0. The van der Waals surface area contributed by atoms with Crippen molar-refractivity contribution in [2.75, 3.05) is 0 Å². The van der Waals surface area contributed by atoms with Gasteiger partial charge in [-0.25, -0.2) is 14.1 Å². The Balaban J connectivity index is 1.71. The molecule has 2 aromatic heterocycles. The van der Waals surface area contributed by atoms with Gasteiger partial charge in [0, 0.05) is 6.20 Å². The van der Waals surface area contributed by atoms with E-state index in [1.165, 1.54) is 28.4 Å². The molecule has 0 radical (unpaired) electrons. The van der Waals surface area contributed by atoms with Gasteiger partial charge in [-0.2, -0.15) is 5.10 Å². The summed E-state index contributed by atoms with van der Waals surface area (Å²) < 4.78 is 15.8. The number of ketones is 1. The predicted octanol–water partition coefficient (Wildman–Crippen LogP) is 3.56. The summed E-state index contributed by atoms with van der Waals surface area (Å²) in [6.45, 7) is 0. The number of nitrogens with zero attached hydrogens (tertiary/aromatic N) is 3. The Bertz CT molecular complexity index is 1040. The lowest BCUT2D eigenvalue weighted by molar-refractivity contribution is 0.103. The highest BCUT2D eigenvalue weighted by atomic mass is 32.1. The van der Waals surface area contributed by atoms with Crippen LogP contribution in [0.5, 0.6) is 5.75 Å². The van der Waals surface area contributed by atoms with Gasteiger partial charge in [0.05, 0.1) is 27.5 Å². The van der Waals surface area contributed by atoms with Crippen molar-refractivity contribution < 1.29 is 14.3 Å². The number of halogens is 1. The van der Waals surface area contributed by atoms with Gasteiger partial charge in [-0.05, 0) is 30.3 Å². The van der Waals surface area contributed by atoms with Crippen molar-refractivity contribution in [1.82, 2.24) is 14.8 Å². The number of aromatic nitrogens is 3. The Morgan fingerprint density at radius 1 is 1.21 bits per heavy atom. The van der Waals surface area contributed by atoms with Crippen molar-refractivity contribution in [2.24, 2.45) is 0 Å². The molecule has 1 N–H and O–H groups in total. The highest BCUT2D eigenvalue weighted by Crippen LogP contribution is 2.25. The number of fused-ring (bicyclic) bond motifs is 1. The summed E-state index contributed by atoms with van der Waals surface area (Å²) in [5.41, 5.74) is 0.998. The molecule has 0 aliphatic heterocycles. The molecule has 0 saturated carbocycles. The van der Waals surface area contributed by atoms with E-state index in [4.69, 9.17) is 0 Å². The van der Waals surface area contributed by atoms with Crippen LogP contribution in [0.1, 0.15) is 15.9 Å². The molecule has 7 heteroatoms. The molecule has 0 atom stereocenters. The van der Waals surface area contributed by atoms with Gasteiger partial charge in [-0.1, -0.05) is 23.5 Å². The Hall–Kier alpha value is -3.06. The van der Waals surface area contributed by atoms with Gasteiger partial charge in [0.15, 0.2) is 5.78 Å². The number of rotatable bonds is 3. The molecule has 2 aromatic carbocycles. The van der Waals surface area contributed by atoms with Crippen LogP contribution in [0.15, 0.2) is 54.9 Å². The summed E-state index contributed by atoms with van der Waals surface area (Å²) in [7, 11) is 0. The minimum atomic E-state index is -0.588. The number of carbonyl (C=O) groups is 1. The molecule has 5 nitrogen and oxygen atoms in total. The van der Waals surface area contributed by atoms with Crippen LogP contribution in [0.25, 0.3) is 15.3 Å². The molecule has 2 heterocycles. The first kappa shape index (κ1) is 14.5. The summed E-state index contributed by atoms with van der Waals surface area (Å²) in [6, 6.07) is 10.9. The molecule has 118 valence electrons. The van der Waals surface area contributed by atoms with Crippen molar-refractivity contribution in [3.63, 3.8) is 0 Å². The van der Waals surface area contributed by atoms with Gasteiger partial charge < -0.3 is 5.11 Å². The van der Waals surface area contributed by atoms with Crippen LogP contribution in [0, 0.1) is 5.82 Å². The molecule has 24 heavy (non-hydrogen) atoms. The molecular weight excluding hydrogens is 329 g/mol. The Labute approximate surface area is 139 Å². The molecule has 4 rings (SSSR count). The first-order chi connectivity index (χ1) is 11.6. The monoisotopic (exact) mass is 339 g/mol. The number of phenolic OH excluding ortho intramolecular Hbond substituents is 1. The van der Waals surface area contributed by atoms with Gasteiger partial charge in [0.1, 0.15) is 11.6 Å². The van der Waals surface area contributed by atoms with Gasteiger partial charge in [-0.3, -0.25) is 4.79 Å². The molecule has 0 amide bonds. The van der Waals surface area contributed by atoms with E-state index in [0.29, 0.717) is 5.13 Å². The fourth-order valence-corrected chi connectivity index (χ4v) is 3.25. The number of hydrogen-bond acceptors (Lipinski definition) is 5. The lowest BCUT2D eigenvalue weighted by atomic mass is 10.1. The van der Waals surface area contributed by atoms with E-state index < -0.39 is 11.6 Å².